The lowest BCUT2D eigenvalue weighted by Crippen LogP contribution is -2.41. The molecule has 0 aliphatic carbocycles. The van der Waals surface area contributed by atoms with Crippen LogP contribution in [0.15, 0.2) is 0 Å². The molecule has 0 aliphatic heterocycles. The van der Waals surface area contributed by atoms with Crippen LogP contribution in [0.4, 0.5) is 0 Å². The van der Waals surface area contributed by atoms with Crippen LogP contribution in [0.1, 0.15) is 19.3 Å². The summed E-state index contributed by atoms with van der Waals surface area (Å²) in [6.07, 6.45) is 1.33. The number of aliphatic hydroxyl groups is 3. The van der Waals surface area contributed by atoms with Crippen molar-refractivity contribution in [3.05, 3.63) is 0 Å². The van der Waals surface area contributed by atoms with Gasteiger partial charge in [-0.1, -0.05) is 0 Å². The molecule has 0 saturated carbocycles. The van der Waals surface area contributed by atoms with Crippen molar-refractivity contribution in [2.24, 2.45) is 0 Å². The molecule has 41 heavy (non-hydrogen) atoms. The van der Waals surface area contributed by atoms with Gasteiger partial charge in [-0.3, -0.25) is 4.55 Å². The van der Waals surface area contributed by atoms with Gasteiger partial charge in [-0.05, 0) is 60.0 Å². The maximum Gasteiger partial charge on any atom is 0.331 e. The van der Waals surface area contributed by atoms with Crippen molar-refractivity contribution in [2.45, 2.75) is 19.3 Å². The van der Waals surface area contributed by atoms with E-state index < -0.39 is 43.3 Å². The average molecular weight is 681 g/mol. The quantitative estimate of drug-likeness (QED) is 0.0287. The summed E-state index contributed by atoms with van der Waals surface area (Å²) >= 11 is 0. The lowest BCUT2D eigenvalue weighted by molar-refractivity contribution is 0.220. The van der Waals surface area contributed by atoms with E-state index in [4.69, 9.17) is 19.9 Å². The zero-order chi connectivity index (χ0) is 32.2. The van der Waals surface area contributed by atoms with E-state index in [0.717, 1.165) is 0 Å². The van der Waals surface area contributed by atoms with Crippen molar-refractivity contribution in [1.82, 2.24) is 28.9 Å². The predicted molar refractivity (Wildman–Crippen MR) is 155 cm³/mol. The molecule has 22 heteroatoms. The van der Waals surface area contributed by atoms with E-state index in [-0.39, 0.29) is 39.5 Å². The van der Waals surface area contributed by atoms with E-state index in [2.05, 4.69) is 14.2 Å². The maximum absolute atomic E-state index is 11.8. The zero-order valence-corrected chi connectivity index (χ0v) is 27.1. The topological polar surface area (TPSA) is 263 Å². The van der Waals surface area contributed by atoms with E-state index in [9.17, 15) is 33.7 Å². The second-order valence-electron chi connectivity index (χ2n) is 9.05. The zero-order valence-electron chi connectivity index (χ0n) is 23.8. The fraction of sp³-hybridized carbons (Fsp3) is 1.00. The molecule has 0 aromatic rings. The van der Waals surface area contributed by atoms with Gasteiger partial charge in [-0.25, -0.2) is 22.6 Å². The molecule has 0 unspecified atom stereocenters. The lowest BCUT2D eigenvalue weighted by atomic mass is 10.4. The van der Waals surface area contributed by atoms with Crippen molar-refractivity contribution in [1.29, 1.82) is 0 Å². The molecule has 0 aromatic carbocycles. The molecule has 0 spiro atoms. The number of likely N-dealkylation sites (N-methyl/N-ethyl adjacent to an activating group) is 3. The smallest absolute Gasteiger partial charge is 0.331 e. The number of nitrogens with zero attached hydrogens (tertiary/aromatic N) is 3. The Balaban J connectivity index is 0. The maximum atomic E-state index is 11.8. The van der Waals surface area contributed by atoms with Crippen molar-refractivity contribution < 1.29 is 53.5 Å². The highest BCUT2D eigenvalue weighted by Gasteiger charge is 2.28. The third-order valence-electron chi connectivity index (χ3n) is 5.07. The number of nitrogens with one attached hydrogen (secondary N) is 3. The number of sulfonamides is 1. The minimum absolute atomic E-state index is 0.00174. The van der Waals surface area contributed by atoms with Gasteiger partial charge in [0.1, 0.15) is 0 Å². The Hall–Kier alpha value is -0.600. The summed E-state index contributed by atoms with van der Waals surface area (Å²) in [4.78, 5) is 5.42. The average Bonchev–Trinajstić information content (AvgIpc) is 2.82. The Bertz CT molecular complexity index is 1060. The van der Waals surface area contributed by atoms with Gasteiger partial charge >= 0.3 is 18.1 Å². The summed E-state index contributed by atoms with van der Waals surface area (Å²) in [7, 11) is -12.2. The molecule has 0 radical (unpaired) electrons. The van der Waals surface area contributed by atoms with Gasteiger partial charge < -0.3 is 30.0 Å². The normalized spacial score (nSPS) is 13.1. The Kier molecular flexibility index (Phi) is 22.8. The molecule has 0 heterocycles. The first-order valence-electron chi connectivity index (χ1n) is 12.6. The summed E-state index contributed by atoms with van der Waals surface area (Å²) in [6.45, 7) is 3.17. The van der Waals surface area contributed by atoms with Gasteiger partial charge in [0.2, 0.25) is 10.0 Å². The Morgan fingerprint density at radius 3 is 1.07 bits per heavy atom. The Labute approximate surface area is 244 Å². The van der Waals surface area contributed by atoms with Crippen LogP contribution in [0.5, 0.6) is 0 Å². The van der Waals surface area contributed by atoms with E-state index >= 15 is 0 Å². The van der Waals surface area contributed by atoms with Crippen LogP contribution < -0.4 is 14.2 Å². The van der Waals surface area contributed by atoms with Gasteiger partial charge in [0.15, 0.2) is 5.08 Å². The SMILES string of the molecule is CN(CCO)CCCNS(=O)(=O)CS(=O)(=O)O.CN(CCO)CCCNS(=O)(=O)S(=O)(=O)NCCCN(C)CCO. The van der Waals surface area contributed by atoms with Crippen molar-refractivity contribution in [3.63, 3.8) is 0 Å². The highest BCUT2D eigenvalue weighted by atomic mass is 33.2. The molecule has 0 atom stereocenters. The molecule has 0 rings (SSSR count). The standard InChI is InChI=1S/C12H30N4O6S2.C7H18N2O6S2/c1-15(9-11-17)7-3-5-13-23(19,20)24(21,22)14-6-4-8-16(2)10-12-18;1-9(5-6-10)4-2-3-8-16(11,12)7-17(13,14)15/h13-14,17-18H,3-12H2,1-2H3;8,10H,2-7H2,1H3,(H,13,14,15). The molecule has 250 valence electrons. The van der Waals surface area contributed by atoms with Gasteiger partial charge in [-0.15, -0.1) is 0 Å². The Morgan fingerprint density at radius 2 is 0.805 bits per heavy atom. The highest BCUT2D eigenvalue weighted by molar-refractivity contribution is 8.65. The summed E-state index contributed by atoms with van der Waals surface area (Å²) in [5.74, 6) is 0. The minimum atomic E-state index is -4.54. The van der Waals surface area contributed by atoms with Crippen LogP contribution in [0, 0.1) is 0 Å². The molecular weight excluding hydrogens is 633 g/mol. The summed E-state index contributed by atoms with van der Waals surface area (Å²) < 4.78 is 105. The van der Waals surface area contributed by atoms with Crippen molar-refractivity contribution >= 4 is 38.3 Å². The third-order valence-corrected chi connectivity index (χ3v) is 12.3. The number of hydrogen-bond acceptors (Lipinski definition) is 14. The van der Waals surface area contributed by atoms with Crippen molar-refractivity contribution in [2.75, 3.05) is 105 Å². The second kappa shape index (κ2) is 22.0. The van der Waals surface area contributed by atoms with Gasteiger partial charge in [0, 0.05) is 39.3 Å². The Morgan fingerprint density at radius 1 is 0.512 bits per heavy atom. The highest BCUT2D eigenvalue weighted by Crippen LogP contribution is 1.98. The third kappa shape index (κ3) is 24.5. The molecule has 7 N–H and O–H groups in total. The molecular formula is C19H48N6O12S4. The molecule has 0 fully saturated rings. The van der Waals surface area contributed by atoms with E-state index in [1.807, 2.05) is 9.80 Å². The largest absolute Gasteiger partial charge is 0.395 e. The molecule has 0 aromatic heterocycles. The van der Waals surface area contributed by atoms with Gasteiger partial charge in [-0.2, -0.15) is 25.3 Å². The monoisotopic (exact) mass is 680 g/mol. The first kappa shape index (κ1) is 42.5. The first-order valence-corrected chi connectivity index (χ1v) is 19.4. The summed E-state index contributed by atoms with van der Waals surface area (Å²) in [5.41, 5.74) is 0. The molecule has 0 aliphatic rings. The molecule has 0 saturated heterocycles. The fourth-order valence-corrected chi connectivity index (χ4v) is 7.80. The first-order chi connectivity index (χ1) is 18.8. The van der Waals surface area contributed by atoms with Crippen LogP contribution >= 0.6 is 0 Å². The van der Waals surface area contributed by atoms with Crippen molar-refractivity contribution in [3.8, 4) is 0 Å². The van der Waals surface area contributed by atoms with Gasteiger partial charge in [0.05, 0.1) is 19.8 Å². The van der Waals surface area contributed by atoms with E-state index in [0.29, 0.717) is 58.5 Å². The summed E-state index contributed by atoms with van der Waals surface area (Å²) in [5, 5.41) is 24.8. The lowest BCUT2D eigenvalue weighted by Gasteiger charge is -2.16. The molecule has 18 nitrogen and oxygen atoms in total. The van der Waals surface area contributed by atoms with Gasteiger partial charge in [0.25, 0.3) is 10.1 Å². The van der Waals surface area contributed by atoms with Crippen LogP contribution in [-0.2, 0) is 38.3 Å². The predicted octanol–water partition coefficient (Wildman–Crippen LogP) is -4.57. The van der Waals surface area contributed by atoms with Crippen LogP contribution in [0.3, 0.4) is 0 Å². The van der Waals surface area contributed by atoms with E-state index in [1.165, 1.54) is 0 Å². The van der Waals surface area contributed by atoms with Crippen LogP contribution in [0.25, 0.3) is 0 Å². The molecule has 0 bridgehead atoms. The number of hydrogen-bond donors (Lipinski definition) is 7. The number of aliphatic hydroxyl groups excluding tert-OH is 3. The summed E-state index contributed by atoms with van der Waals surface area (Å²) in [6, 6.07) is 0. The minimum Gasteiger partial charge on any atom is -0.395 e. The molecule has 0 amide bonds. The second-order valence-corrected chi connectivity index (χ2v) is 17.7. The van der Waals surface area contributed by atoms with E-state index in [1.54, 1.807) is 26.0 Å². The van der Waals surface area contributed by atoms with Crippen LogP contribution in [-0.4, -0.2) is 173 Å². The fourth-order valence-electron chi connectivity index (χ4n) is 2.91. The van der Waals surface area contributed by atoms with Crippen LogP contribution in [0.2, 0.25) is 0 Å². The number of rotatable bonds is 24.